The van der Waals surface area contributed by atoms with Gasteiger partial charge in [-0.25, -0.2) is 0 Å². The van der Waals surface area contributed by atoms with Crippen LogP contribution in [0.4, 0.5) is 5.69 Å². The highest BCUT2D eigenvalue weighted by atomic mass is 32.2. The summed E-state index contributed by atoms with van der Waals surface area (Å²) in [4.78, 5) is 17.4. The van der Waals surface area contributed by atoms with Crippen molar-refractivity contribution in [1.29, 1.82) is 0 Å². The number of fused-ring (bicyclic) bond motifs is 1. The summed E-state index contributed by atoms with van der Waals surface area (Å²) in [5, 5.41) is 9.20. The predicted octanol–water partition coefficient (Wildman–Crippen LogP) is 6.27. The number of hydrogen-bond acceptors (Lipinski definition) is 4. The van der Waals surface area contributed by atoms with Crippen LogP contribution in [0.15, 0.2) is 78.1 Å². The maximum Gasteiger partial charge on any atom is 0.255 e. The number of rotatable bonds is 4. The largest absolute Gasteiger partial charge is 0.322 e. The van der Waals surface area contributed by atoms with E-state index in [1.54, 1.807) is 12.4 Å². The molecule has 6 heteroatoms. The molecule has 5 nitrogen and oxygen atoms in total. The molecule has 33 heavy (non-hydrogen) atoms. The molecule has 1 amide bonds. The lowest BCUT2D eigenvalue weighted by molar-refractivity contribution is 0.102. The molecule has 2 aromatic carbocycles. The van der Waals surface area contributed by atoms with Crippen molar-refractivity contribution in [2.75, 3.05) is 11.1 Å². The second-order valence-electron chi connectivity index (χ2n) is 9.17. The molecule has 1 N–H and O–H groups in total. The molecule has 0 atom stereocenters. The zero-order chi connectivity index (χ0) is 23.0. The first-order valence-electron chi connectivity index (χ1n) is 11.1. The van der Waals surface area contributed by atoms with Crippen LogP contribution in [0.1, 0.15) is 36.7 Å². The average Bonchev–Trinajstić information content (AvgIpc) is 3.41. The van der Waals surface area contributed by atoms with E-state index in [2.05, 4.69) is 41.8 Å². The quantitative estimate of drug-likeness (QED) is 0.395. The van der Waals surface area contributed by atoms with Gasteiger partial charge in [-0.2, -0.15) is 5.10 Å². The molecular weight excluding hydrogens is 428 g/mol. The Kier molecular flexibility index (Phi) is 5.54. The number of thioether (sulfide) groups is 1. The van der Waals surface area contributed by atoms with E-state index in [1.807, 2.05) is 66.4 Å². The molecule has 0 aliphatic carbocycles. The Morgan fingerprint density at radius 2 is 1.79 bits per heavy atom. The minimum Gasteiger partial charge on any atom is -0.322 e. The van der Waals surface area contributed by atoms with E-state index in [4.69, 9.17) is 5.10 Å². The molecule has 0 bridgehead atoms. The lowest BCUT2D eigenvalue weighted by Crippen LogP contribution is -2.18. The Balaban J connectivity index is 1.51. The number of benzene rings is 2. The third-order valence-corrected chi connectivity index (χ3v) is 6.87. The highest BCUT2D eigenvalue weighted by molar-refractivity contribution is 7.99. The molecule has 0 saturated heterocycles. The van der Waals surface area contributed by atoms with Gasteiger partial charge in [0.1, 0.15) is 10.7 Å². The van der Waals surface area contributed by atoms with Gasteiger partial charge < -0.3 is 5.32 Å². The number of aryl methyl sites for hydroxylation is 1. The first kappa shape index (κ1) is 21.5. The normalized spacial score (nSPS) is 13.1. The second kappa shape index (κ2) is 8.52. The van der Waals surface area contributed by atoms with Crippen molar-refractivity contribution in [3.63, 3.8) is 0 Å². The molecule has 4 aromatic rings. The zero-order valence-corrected chi connectivity index (χ0v) is 19.8. The van der Waals surface area contributed by atoms with Gasteiger partial charge in [0.25, 0.3) is 5.91 Å². The van der Waals surface area contributed by atoms with Crippen LogP contribution in [-0.2, 0) is 12.0 Å². The molecular formula is C27H26N4OS. The number of pyridine rings is 1. The topological polar surface area (TPSA) is 59.8 Å². The number of para-hydroxylation sites is 1. The Labute approximate surface area is 198 Å². The molecule has 0 spiro atoms. The van der Waals surface area contributed by atoms with E-state index in [9.17, 15) is 4.79 Å². The van der Waals surface area contributed by atoms with Crippen LogP contribution in [0.3, 0.4) is 0 Å². The Bertz CT molecular complexity index is 1320. The van der Waals surface area contributed by atoms with Gasteiger partial charge in [0.05, 0.1) is 6.54 Å². The first-order chi connectivity index (χ1) is 15.9. The highest BCUT2D eigenvalue weighted by Gasteiger charge is 2.25. The van der Waals surface area contributed by atoms with Crippen molar-refractivity contribution in [3.05, 3.63) is 84.2 Å². The number of aromatic nitrogens is 3. The van der Waals surface area contributed by atoms with Crippen molar-refractivity contribution in [2.24, 2.45) is 0 Å². The number of nitrogens with zero attached hydrogens (tertiary/aromatic N) is 3. The number of amides is 1. The monoisotopic (exact) mass is 454 g/mol. The Morgan fingerprint density at radius 3 is 2.58 bits per heavy atom. The molecule has 3 heterocycles. The Morgan fingerprint density at radius 1 is 1.00 bits per heavy atom. The molecule has 1 aliphatic heterocycles. The van der Waals surface area contributed by atoms with Gasteiger partial charge in [-0.15, -0.1) is 11.8 Å². The second-order valence-corrected chi connectivity index (χ2v) is 10.3. The first-order valence-corrected chi connectivity index (χ1v) is 12.1. The van der Waals surface area contributed by atoms with E-state index < -0.39 is 0 Å². The summed E-state index contributed by atoms with van der Waals surface area (Å²) in [5.74, 6) is 0.899. The molecule has 1 aliphatic rings. The van der Waals surface area contributed by atoms with Crippen LogP contribution in [0, 0.1) is 0 Å². The number of carbonyl (C=O) groups is 1. The van der Waals surface area contributed by atoms with Crippen LogP contribution in [-0.4, -0.2) is 26.4 Å². The zero-order valence-electron chi connectivity index (χ0n) is 19.0. The molecule has 166 valence electrons. The van der Waals surface area contributed by atoms with E-state index in [-0.39, 0.29) is 11.3 Å². The third kappa shape index (κ3) is 4.18. The van der Waals surface area contributed by atoms with Gasteiger partial charge in [0.15, 0.2) is 0 Å². The smallest absolute Gasteiger partial charge is 0.255 e. The standard InChI is InChI=1S/C27H26N4OS/c1-27(2,3)21-9-4-5-10-22(21)29-25(32)20-8-6-7-19(17-20)24-23(18-11-13-28-14-12-18)26-31(30-24)15-16-33-26/h4-14,17H,15-16H2,1-3H3,(H,29,32). The van der Waals surface area contributed by atoms with E-state index >= 15 is 0 Å². The van der Waals surface area contributed by atoms with Gasteiger partial charge >= 0.3 is 0 Å². The summed E-state index contributed by atoms with van der Waals surface area (Å²) in [7, 11) is 0. The van der Waals surface area contributed by atoms with E-state index in [0.717, 1.165) is 45.9 Å². The Hall–Kier alpha value is -3.38. The molecule has 5 rings (SSSR count). The van der Waals surface area contributed by atoms with Crippen molar-refractivity contribution in [3.8, 4) is 22.4 Å². The van der Waals surface area contributed by atoms with Crippen LogP contribution < -0.4 is 5.32 Å². The minimum atomic E-state index is -0.125. The molecule has 0 fully saturated rings. The number of nitrogens with one attached hydrogen (secondary N) is 1. The van der Waals surface area contributed by atoms with Crippen molar-refractivity contribution in [1.82, 2.24) is 14.8 Å². The van der Waals surface area contributed by atoms with E-state index in [0.29, 0.717) is 5.56 Å². The molecule has 0 radical (unpaired) electrons. The lowest BCUT2D eigenvalue weighted by Gasteiger charge is -2.23. The fraction of sp³-hybridized carbons (Fsp3) is 0.222. The summed E-state index contributed by atoms with van der Waals surface area (Å²) < 4.78 is 2.07. The van der Waals surface area contributed by atoms with Crippen molar-refractivity contribution < 1.29 is 4.79 Å². The molecule has 0 unspecified atom stereocenters. The maximum absolute atomic E-state index is 13.2. The average molecular weight is 455 g/mol. The van der Waals surface area contributed by atoms with Crippen LogP contribution in [0.2, 0.25) is 0 Å². The maximum atomic E-state index is 13.2. The van der Waals surface area contributed by atoms with Gasteiger partial charge in [-0.3, -0.25) is 14.5 Å². The van der Waals surface area contributed by atoms with Gasteiger partial charge in [-0.1, -0.05) is 51.1 Å². The SMILES string of the molecule is CC(C)(C)c1ccccc1NC(=O)c1cccc(-c2nn3c(c2-c2ccncc2)SCC3)c1. The summed E-state index contributed by atoms with van der Waals surface area (Å²) in [6.45, 7) is 7.33. The number of anilines is 1. The van der Waals surface area contributed by atoms with Crippen LogP contribution >= 0.6 is 11.8 Å². The van der Waals surface area contributed by atoms with Crippen LogP contribution in [0.5, 0.6) is 0 Å². The van der Waals surface area contributed by atoms with Gasteiger partial charge in [-0.05, 0) is 46.9 Å². The fourth-order valence-corrected chi connectivity index (χ4v) is 5.30. The number of hydrogen-bond donors (Lipinski definition) is 1. The summed E-state index contributed by atoms with van der Waals surface area (Å²) in [5.41, 5.74) is 6.51. The van der Waals surface area contributed by atoms with Gasteiger partial charge in [0, 0.05) is 40.5 Å². The highest BCUT2D eigenvalue weighted by Crippen LogP contribution is 2.42. The van der Waals surface area contributed by atoms with E-state index in [1.165, 1.54) is 5.03 Å². The minimum absolute atomic E-state index is 0.0696. The number of carbonyl (C=O) groups excluding carboxylic acids is 1. The van der Waals surface area contributed by atoms with Crippen molar-refractivity contribution >= 4 is 23.4 Å². The molecule has 0 saturated carbocycles. The van der Waals surface area contributed by atoms with Crippen LogP contribution in [0.25, 0.3) is 22.4 Å². The summed E-state index contributed by atoms with van der Waals surface area (Å²) in [6.07, 6.45) is 3.61. The third-order valence-electron chi connectivity index (χ3n) is 5.80. The molecule has 2 aromatic heterocycles. The lowest BCUT2D eigenvalue weighted by atomic mass is 9.86. The van der Waals surface area contributed by atoms with Crippen molar-refractivity contribution in [2.45, 2.75) is 37.8 Å². The summed E-state index contributed by atoms with van der Waals surface area (Å²) in [6, 6.07) is 19.7. The summed E-state index contributed by atoms with van der Waals surface area (Å²) >= 11 is 1.82. The fourth-order valence-electron chi connectivity index (χ4n) is 4.20. The van der Waals surface area contributed by atoms with Gasteiger partial charge in [0.2, 0.25) is 0 Å². The predicted molar refractivity (Wildman–Crippen MR) is 135 cm³/mol.